The smallest absolute Gasteiger partial charge is 0.234 e. The maximum Gasteiger partial charge on any atom is 0.234 e. The summed E-state index contributed by atoms with van der Waals surface area (Å²) in [6, 6.07) is 8.02. The zero-order valence-corrected chi connectivity index (χ0v) is 12.7. The monoisotopic (exact) mass is 298 g/mol. The van der Waals surface area contributed by atoms with E-state index in [1.807, 2.05) is 23.1 Å². The second-order valence-corrected chi connectivity index (χ2v) is 6.83. The van der Waals surface area contributed by atoms with Crippen LogP contribution in [0.4, 0.5) is 11.4 Å². The third kappa shape index (κ3) is 1.97. The number of nitrogens with zero attached hydrogens (tertiary/aromatic N) is 1. The number of fused-ring (bicyclic) bond motifs is 2. The second-order valence-electron chi connectivity index (χ2n) is 5.83. The minimum atomic E-state index is 0.0346. The predicted octanol–water partition coefficient (Wildman–Crippen LogP) is 3.34. The van der Waals surface area contributed by atoms with Gasteiger partial charge in [-0.2, -0.15) is 0 Å². The number of nitrogen functional groups attached to an aromatic ring is 1. The van der Waals surface area contributed by atoms with Crippen molar-refractivity contribution in [2.24, 2.45) is 0 Å². The van der Waals surface area contributed by atoms with Crippen molar-refractivity contribution in [2.75, 3.05) is 17.2 Å². The number of nitrogens with two attached hydrogens (primary N) is 1. The molecule has 0 saturated carbocycles. The quantitative estimate of drug-likeness (QED) is 0.821. The molecule has 0 saturated heterocycles. The van der Waals surface area contributed by atoms with E-state index < -0.39 is 0 Å². The molecule has 108 valence electrons. The van der Waals surface area contributed by atoms with Gasteiger partial charge in [0.25, 0.3) is 0 Å². The molecule has 4 rings (SSSR count). The number of amides is 1. The van der Waals surface area contributed by atoms with Crippen LogP contribution < -0.4 is 10.6 Å². The molecule has 0 fully saturated rings. The van der Waals surface area contributed by atoms with Gasteiger partial charge in [0.1, 0.15) is 0 Å². The summed E-state index contributed by atoms with van der Waals surface area (Å²) >= 11 is 1.79. The highest BCUT2D eigenvalue weighted by atomic mass is 32.1. The molecule has 2 aliphatic rings. The van der Waals surface area contributed by atoms with Gasteiger partial charge in [-0.15, -0.1) is 11.3 Å². The van der Waals surface area contributed by atoms with Gasteiger partial charge >= 0.3 is 0 Å². The van der Waals surface area contributed by atoms with Gasteiger partial charge in [-0.25, -0.2) is 0 Å². The van der Waals surface area contributed by atoms with Crippen LogP contribution in [-0.2, 0) is 17.6 Å². The van der Waals surface area contributed by atoms with Crippen LogP contribution in [-0.4, -0.2) is 12.5 Å². The van der Waals surface area contributed by atoms with E-state index in [-0.39, 0.29) is 11.8 Å². The molecule has 3 nitrogen and oxygen atoms in total. The van der Waals surface area contributed by atoms with E-state index in [1.165, 1.54) is 10.4 Å². The maximum atomic E-state index is 13.0. The van der Waals surface area contributed by atoms with Crippen LogP contribution in [0.2, 0.25) is 0 Å². The largest absolute Gasteiger partial charge is 0.398 e. The molecule has 1 aliphatic carbocycles. The molecular formula is C17H18N2OS. The Kier molecular flexibility index (Phi) is 3.00. The highest BCUT2D eigenvalue weighted by Crippen LogP contribution is 2.39. The first-order chi connectivity index (χ1) is 10.3. The molecule has 0 radical (unpaired) electrons. The van der Waals surface area contributed by atoms with Gasteiger partial charge in [0.05, 0.1) is 5.92 Å². The fourth-order valence-electron chi connectivity index (χ4n) is 3.62. The number of anilines is 2. The standard InChI is InChI=1S/C17H18N2OS/c18-14-4-2-5-15-13(14)7-9-19(15)17(20)12-3-1-6-16-11(12)8-10-21-16/h2,4-5,8,10,12H,1,3,6-7,9,18H2. The first-order valence-electron chi connectivity index (χ1n) is 7.50. The lowest BCUT2D eigenvalue weighted by Gasteiger charge is -2.27. The minimum Gasteiger partial charge on any atom is -0.398 e. The van der Waals surface area contributed by atoms with Crippen LogP contribution in [0.1, 0.15) is 34.8 Å². The predicted molar refractivity (Wildman–Crippen MR) is 86.9 cm³/mol. The van der Waals surface area contributed by atoms with E-state index in [9.17, 15) is 4.79 Å². The van der Waals surface area contributed by atoms with Crippen molar-refractivity contribution >= 4 is 28.6 Å². The number of rotatable bonds is 1. The van der Waals surface area contributed by atoms with E-state index in [4.69, 9.17) is 5.73 Å². The van der Waals surface area contributed by atoms with Crippen molar-refractivity contribution in [1.82, 2.24) is 0 Å². The molecule has 1 aliphatic heterocycles. The van der Waals surface area contributed by atoms with Gasteiger partial charge < -0.3 is 10.6 Å². The van der Waals surface area contributed by atoms with Gasteiger partial charge in [0, 0.05) is 28.4 Å². The van der Waals surface area contributed by atoms with Crippen LogP contribution in [0.25, 0.3) is 0 Å². The molecular weight excluding hydrogens is 280 g/mol. The molecule has 1 unspecified atom stereocenters. The highest BCUT2D eigenvalue weighted by Gasteiger charge is 2.34. The molecule has 2 N–H and O–H groups in total. The number of aryl methyl sites for hydroxylation is 1. The molecule has 2 heterocycles. The summed E-state index contributed by atoms with van der Waals surface area (Å²) in [5, 5.41) is 2.12. The lowest BCUT2D eigenvalue weighted by atomic mass is 9.86. The number of carbonyl (C=O) groups is 1. The average Bonchev–Trinajstić information content (AvgIpc) is 3.13. The van der Waals surface area contributed by atoms with Crippen molar-refractivity contribution in [3.63, 3.8) is 0 Å². The number of thiophene rings is 1. The van der Waals surface area contributed by atoms with E-state index in [2.05, 4.69) is 11.4 Å². The van der Waals surface area contributed by atoms with E-state index in [0.717, 1.165) is 49.2 Å². The molecule has 1 amide bonds. The van der Waals surface area contributed by atoms with Crippen molar-refractivity contribution in [2.45, 2.75) is 31.6 Å². The zero-order valence-electron chi connectivity index (χ0n) is 11.8. The molecule has 1 aromatic heterocycles. The second kappa shape index (κ2) is 4.88. The number of hydrogen-bond acceptors (Lipinski definition) is 3. The molecule has 4 heteroatoms. The number of benzene rings is 1. The highest BCUT2D eigenvalue weighted by molar-refractivity contribution is 7.10. The number of carbonyl (C=O) groups excluding carboxylic acids is 1. The van der Waals surface area contributed by atoms with Crippen LogP contribution in [0, 0.1) is 0 Å². The van der Waals surface area contributed by atoms with Gasteiger partial charge in [-0.3, -0.25) is 4.79 Å². The van der Waals surface area contributed by atoms with Crippen LogP contribution in [0.15, 0.2) is 29.6 Å². The summed E-state index contributed by atoms with van der Waals surface area (Å²) in [5.74, 6) is 0.283. The topological polar surface area (TPSA) is 46.3 Å². The first kappa shape index (κ1) is 12.9. The summed E-state index contributed by atoms with van der Waals surface area (Å²) in [6.07, 6.45) is 4.08. The van der Waals surface area contributed by atoms with Gasteiger partial charge in [0.15, 0.2) is 0 Å². The third-order valence-electron chi connectivity index (χ3n) is 4.68. The van der Waals surface area contributed by atoms with Gasteiger partial charge in [-0.1, -0.05) is 6.07 Å². The fourth-order valence-corrected chi connectivity index (χ4v) is 4.61. The van der Waals surface area contributed by atoms with Crippen molar-refractivity contribution in [3.05, 3.63) is 45.6 Å². The molecule has 1 atom stereocenters. The van der Waals surface area contributed by atoms with Crippen LogP contribution >= 0.6 is 11.3 Å². The lowest BCUT2D eigenvalue weighted by molar-refractivity contribution is -0.120. The Balaban J connectivity index is 1.68. The summed E-state index contributed by atoms with van der Waals surface area (Å²) in [5.41, 5.74) is 10.3. The molecule has 21 heavy (non-hydrogen) atoms. The van der Waals surface area contributed by atoms with Gasteiger partial charge in [0.2, 0.25) is 5.91 Å². The maximum absolute atomic E-state index is 13.0. The zero-order chi connectivity index (χ0) is 14.4. The van der Waals surface area contributed by atoms with E-state index in [0.29, 0.717) is 0 Å². The fraction of sp³-hybridized carbons (Fsp3) is 0.353. The Labute approximate surface area is 128 Å². The summed E-state index contributed by atoms with van der Waals surface area (Å²) < 4.78 is 0. The minimum absolute atomic E-state index is 0.0346. The summed E-state index contributed by atoms with van der Waals surface area (Å²) in [4.78, 5) is 16.4. The SMILES string of the molecule is Nc1cccc2c1CCN2C(=O)C1CCCc2sccc21. The molecule has 0 spiro atoms. The van der Waals surface area contributed by atoms with Gasteiger partial charge in [-0.05, 0) is 54.8 Å². The molecule has 2 aromatic rings. The molecule has 0 bridgehead atoms. The van der Waals surface area contributed by atoms with E-state index in [1.54, 1.807) is 11.3 Å². The summed E-state index contributed by atoms with van der Waals surface area (Å²) in [6.45, 7) is 0.762. The Morgan fingerprint density at radius 1 is 1.29 bits per heavy atom. The van der Waals surface area contributed by atoms with Crippen LogP contribution in [0.3, 0.4) is 0 Å². The van der Waals surface area contributed by atoms with Crippen molar-refractivity contribution in [1.29, 1.82) is 0 Å². The van der Waals surface area contributed by atoms with E-state index >= 15 is 0 Å². The number of hydrogen-bond donors (Lipinski definition) is 1. The van der Waals surface area contributed by atoms with Crippen molar-refractivity contribution < 1.29 is 4.79 Å². The normalized spacial score (nSPS) is 20.2. The van der Waals surface area contributed by atoms with Crippen LogP contribution in [0.5, 0.6) is 0 Å². The average molecular weight is 298 g/mol. The molecule has 1 aromatic carbocycles. The lowest BCUT2D eigenvalue weighted by Crippen LogP contribution is -2.34. The Morgan fingerprint density at radius 3 is 3.10 bits per heavy atom. The Hall–Kier alpha value is -1.81. The first-order valence-corrected chi connectivity index (χ1v) is 8.38. The Morgan fingerprint density at radius 2 is 2.19 bits per heavy atom. The third-order valence-corrected chi connectivity index (χ3v) is 5.68. The Bertz CT molecular complexity index is 707. The van der Waals surface area contributed by atoms with Crippen molar-refractivity contribution in [3.8, 4) is 0 Å². The summed E-state index contributed by atoms with van der Waals surface area (Å²) in [7, 11) is 0.